The average molecular weight is 153 g/mol. The fourth-order valence-electron chi connectivity index (χ4n) is 0.482. The lowest BCUT2D eigenvalue weighted by molar-refractivity contribution is 0.0214. The van der Waals surface area contributed by atoms with E-state index in [1.807, 2.05) is 0 Å². The second-order valence-corrected chi connectivity index (χ2v) is 2.24. The molecule has 0 saturated carbocycles. The molecule has 0 unspecified atom stereocenters. The molecule has 0 heterocycles. The van der Waals surface area contributed by atoms with Crippen LogP contribution in [0.15, 0.2) is 0 Å². The van der Waals surface area contributed by atoms with E-state index in [0.717, 1.165) is 6.92 Å². The Labute approximate surface area is 59.6 Å². The van der Waals surface area contributed by atoms with Crippen LogP contribution in [0.1, 0.15) is 6.92 Å². The zero-order valence-corrected chi connectivity index (χ0v) is 6.29. The first-order chi connectivity index (χ1) is 4.56. The number of hydrogen-bond donors (Lipinski definition) is 1. The van der Waals surface area contributed by atoms with E-state index in [2.05, 4.69) is 10.1 Å². The van der Waals surface area contributed by atoms with Crippen molar-refractivity contribution in [3.63, 3.8) is 0 Å². The van der Waals surface area contributed by atoms with Crippen LogP contribution in [0.3, 0.4) is 0 Å². The number of alkyl halides is 2. The van der Waals surface area contributed by atoms with Gasteiger partial charge in [0.1, 0.15) is 0 Å². The summed E-state index contributed by atoms with van der Waals surface area (Å²) in [6, 6.07) is 0. The minimum Gasteiger partial charge on any atom is -0.383 e. The SMILES string of the molecule is COCCNCC(C)(F)F. The van der Waals surface area contributed by atoms with Crippen LogP contribution in [0.25, 0.3) is 0 Å². The number of halogens is 2. The van der Waals surface area contributed by atoms with Gasteiger partial charge in [-0.05, 0) is 0 Å². The molecule has 0 saturated heterocycles. The van der Waals surface area contributed by atoms with Gasteiger partial charge in [-0.1, -0.05) is 0 Å². The van der Waals surface area contributed by atoms with Crippen LogP contribution in [0.5, 0.6) is 0 Å². The Morgan fingerprint density at radius 3 is 2.50 bits per heavy atom. The number of nitrogens with one attached hydrogen (secondary N) is 1. The molecular formula is C6H13F2NO. The van der Waals surface area contributed by atoms with Crippen molar-refractivity contribution < 1.29 is 13.5 Å². The highest BCUT2D eigenvalue weighted by Crippen LogP contribution is 2.08. The Kier molecular flexibility index (Phi) is 4.47. The van der Waals surface area contributed by atoms with E-state index < -0.39 is 5.92 Å². The highest BCUT2D eigenvalue weighted by Gasteiger charge is 2.19. The molecule has 0 atom stereocenters. The van der Waals surface area contributed by atoms with E-state index >= 15 is 0 Å². The van der Waals surface area contributed by atoms with Crippen molar-refractivity contribution in [1.29, 1.82) is 0 Å². The quantitative estimate of drug-likeness (QED) is 0.592. The van der Waals surface area contributed by atoms with Crippen molar-refractivity contribution in [2.45, 2.75) is 12.8 Å². The molecule has 0 aliphatic heterocycles. The molecule has 1 N–H and O–H groups in total. The molecule has 0 aliphatic carbocycles. The van der Waals surface area contributed by atoms with Gasteiger partial charge in [0, 0.05) is 20.6 Å². The van der Waals surface area contributed by atoms with Crippen molar-refractivity contribution >= 4 is 0 Å². The summed E-state index contributed by atoms with van der Waals surface area (Å²) < 4.78 is 28.7. The second-order valence-electron chi connectivity index (χ2n) is 2.24. The maximum Gasteiger partial charge on any atom is 0.257 e. The van der Waals surface area contributed by atoms with Crippen molar-refractivity contribution in [1.82, 2.24) is 5.32 Å². The van der Waals surface area contributed by atoms with Crippen molar-refractivity contribution in [3.05, 3.63) is 0 Å². The van der Waals surface area contributed by atoms with E-state index in [9.17, 15) is 8.78 Å². The van der Waals surface area contributed by atoms with Gasteiger partial charge in [0.05, 0.1) is 13.2 Å². The van der Waals surface area contributed by atoms with Gasteiger partial charge in [-0.2, -0.15) is 0 Å². The number of methoxy groups -OCH3 is 1. The second kappa shape index (κ2) is 4.57. The van der Waals surface area contributed by atoms with Crippen LogP contribution in [-0.4, -0.2) is 32.7 Å². The maximum absolute atomic E-state index is 12.0. The molecule has 0 aromatic heterocycles. The number of rotatable bonds is 5. The van der Waals surface area contributed by atoms with Crippen molar-refractivity contribution in [2.24, 2.45) is 0 Å². The Hall–Kier alpha value is -0.220. The first-order valence-corrected chi connectivity index (χ1v) is 3.14. The summed E-state index contributed by atoms with van der Waals surface area (Å²) >= 11 is 0. The lowest BCUT2D eigenvalue weighted by atomic mass is 10.4. The highest BCUT2D eigenvalue weighted by atomic mass is 19.3. The summed E-state index contributed by atoms with van der Waals surface area (Å²) in [5.74, 6) is -2.62. The van der Waals surface area contributed by atoms with Gasteiger partial charge in [0.25, 0.3) is 5.92 Å². The lowest BCUT2D eigenvalue weighted by Gasteiger charge is -2.10. The monoisotopic (exact) mass is 153 g/mol. The van der Waals surface area contributed by atoms with Gasteiger partial charge in [-0.3, -0.25) is 0 Å². The third-order valence-electron chi connectivity index (χ3n) is 0.918. The first kappa shape index (κ1) is 9.78. The maximum atomic E-state index is 12.0. The first-order valence-electron chi connectivity index (χ1n) is 3.14. The molecule has 0 bridgehead atoms. The van der Waals surface area contributed by atoms with E-state index in [1.165, 1.54) is 7.11 Å². The van der Waals surface area contributed by atoms with E-state index in [1.54, 1.807) is 0 Å². The molecule has 0 amide bonds. The summed E-state index contributed by atoms with van der Waals surface area (Å²) in [6.45, 7) is 1.54. The van der Waals surface area contributed by atoms with E-state index in [4.69, 9.17) is 0 Å². The minimum atomic E-state index is -2.62. The summed E-state index contributed by atoms with van der Waals surface area (Å²) in [7, 11) is 1.53. The van der Waals surface area contributed by atoms with Gasteiger partial charge in [-0.15, -0.1) is 0 Å². The standard InChI is InChI=1S/C6H13F2NO/c1-6(7,8)5-9-3-4-10-2/h9H,3-5H2,1-2H3. The molecule has 2 nitrogen and oxygen atoms in total. The summed E-state index contributed by atoms with van der Waals surface area (Å²) in [6.07, 6.45) is 0. The predicted octanol–water partition coefficient (Wildman–Crippen LogP) is 0.878. The molecule has 0 aliphatic rings. The van der Waals surface area contributed by atoms with Gasteiger partial charge in [0.15, 0.2) is 0 Å². The predicted molar refractivity (Wildman–Crippen MR) is 35.4 cm³/mol. The highest BCUT2D eigenvalue weighted by molar-refractivity contribution is 4.61. The van der Waals surface area contributed by atoms with Crippen LogP contribution in [-0.2, 0) is 4.74 Å². The topological polar surface area (TPSA) is 21.3 Å². The largest absolute Gasteiger partial charge is 0.383 e. The lowest BCUT2D eigenvalue weighted by Crippen LogP contribution is -2.31. The fourth-order valence-corrected chi connectivity index (χ4v) is 0.482. The van der Waals surface area contributed by atoms with E-state index in [0.29, 0.717) is 13.2 Å². The smallest absolute Gasteiger partial charge is 0.257 e. The Morgan fingerprint density at radius 2 is 2.10 bits per heavy atom. The molecule has 0 spiro atoms. The van der Waals surface area contributed by atoms with Gasteiger partial charge in [0.2, 0.25) is 0 Å². The van der Waals surface area contributed by atoms with Gasteiger partial charge < -0.3 is 10.1 Å². The minimum absolute atomic E-state index is 0.281. The molecule has 0 aromatic rings. The summed E-state index contributed by atoms with van der Waals surface area (Å²) in [5.41, 5.74) is 0. The Morgan fingerprint density at radius 1 is 1.50 bits per heavy atom. The molecule has 0 fully saturated rings. The molecule has 62 valence electrons. The van der Waals surface area contributed by atoms with Crippen molar-refractivity contribution in [3.8, 4) is 0 Å². The van der Waals surface area contributed by atoms with Gasteiger partial charge >= 0.3 is 0 Å². The third kappa shape index (κ3) is 7.78. The number of hydrogen-bond acceptors (Lipinski definition) is 2. The average Bonchev–Trinajstić information content (AvgIpc) is 1.78. The van der Waals surface area contributed by atoms with Crippen LogP contribution in [0.2, 0.25) is 0 Å². The molecule has 0 radical (unpaired) electrons. The Balaban J connectivity index is 3.04. The molecule has 10 heavy (non-hydrogen) atoms. The molecular weight excluding hydrogens is 140 g/mol. The molecule has 4 heteroatoms. The Bertz CT molecular complexity index is 82.3. The van der Waals surface area contributed by atoms with Crippen LogP contribution in [0.4, 0.5) is 8.78 Å². The normalized spacial score (nSPS) is 12.0. The van der Waals surface area contributed by atoms with E-state index in [-0.39, 0.29) is 6.54 Å². The van der Waals surface area contributed by atoms with Crippen LogP contribution >= 0.6 is 0 Å². The fraction of sp³-hybridized carbons (Fsp3) is 1.00. The van der Waals surface area contributed by atoms with Crippen LogP contribution < -0.4 is 5.32 Å². The third-order valence-corrected chi connectivity index (χ3v) is 0.918. The number of ether oxygens (including phenoxy) is 1. The molecule has 0 aromatic carbocycles. The molecule has 0 rings (SSSR count). The zero-order valence-electron chi connectivity index (χ0n) is 6.29. The van der Waals surface area contributed by atoms with Crippen LogP contribution in [0, 0.1) is 0 Å². The summed E-state index contributed by atoms with van der Waals surface area (Å²) in [4.78, 5) is 0. The van der Waals surface area contributed by atoms with Gasteiger partial charge in [-0.25, -0.2) is 8.78 Å². The van der Waals surface area contributed by atoms with Crippen molar-refractivity contribution in [2.75, 3.05) is 26.8 Å². The summed E-state index contributed by atoms with van der Waals surface area (Å²) in [5, 5.41) is 2.55. The zero-order chi connectivity index (χ0) is 8.04.